The lowest BCUT2D eigenvalue weighted by atomic mass is 9.89. The van der Waals surface area contributed by atoms with Crippen LogP contribution in [-0.4, -0.2) is 18.1 Å². The Morgan fingerprint density at radius 2 is 2.12 bits per heavy atom. The highest BCUT2D eigenvalue weighted by atomic mass is 35.5. The lowest BCUT2D eigenvalue weighted by molar-refractivity contribution is 0.351. The van der Waals surface area contributed by atoms with Gasteiger partial charge in [-0.25, -0.2) is 4.98 Å². The van der Waals surface area contributed by atoms with Gasteiger partial charge in [-0.3, -0.25) is 0 Å². The number of pyridine rings is 1. The Morgan fingerprint density at radius 3 is 2.82 bits per heavy atom. The molecule has 0 N–H and O–H groups in total. The Balaban J connectivity index is 2.04. The molecule has 2 rings (SSSR count). The van der Waals surface area contributed by atoms with Crippen molar-refractivity contribution in [3.63, 3.8) is 0 Å². The maximum Gasteiger partial charge on any atom is 0.131 e. The van der Waals surface area contributed by atoms with Crippen LogP contribution >= 0.6 is 11.6 Å². The summed E-state index contributed by atoms with van der Waals surface area (Å²) in [4.78, 5) is 6.77. The molecular formula is C14H21ClN2. The Labute approximate surface area is 109 Å². The monoisotopic (exact) mass is 252 g/mol. The lowest BCUT2D eigenvalue weighted by Gasteiger charge is -2.22. The van der Waals surface area contributed by atoms with Crippen molar-refractivity contribution in [3.05, 3.63) is 23.4 Å². The van der Waals surface area contributed by atoms with E-state index in [0.717, 1.165) is 30.7 Å². The first-order valence-electron chi connectivity index (χ1n) is 6.54. The second-order valence-electron chi connectivity index (χ2n) is 5.24. The summed E-state index contributed by atoms with van der Waals surface area (Å²) in [5.74, 6) is 2.68. The zero-order valence-electron chi connectivity index (χ0n) is 10.7. The first-order valence-corrected chi connectivity index (χ1v) is 6.92. The highest BCUT2D eigenvalue weighted by Crippen LogP contribution is 2.26. The Kier molecular flexibility index (Phi) is 4.27. The largest absolute Gasteiger partial charge is 0.357 e. The maximum absolute atomic E-state index is 5.95. The SMILES string of the molecule is CC(C)C1CCCN(c2cccc(Cl)n2)CC1. The fourth-order valence-corrected chi connectivity index (χ4v) is 2.75. The number of anilines is 1. The molecule has 0 aliphatic carbocycles. The van der Waals surface area contributed by atoms with E-state index in [1.54, 1.807) is 0 Å². The van der Waals surface area contributed by atoms with Crippen LogP contribution in [0.5, 0.6) is 0 Å². The molecule has 3 heteroatoms. The average Bonchev–Trinajstić information content (AvgIpc) is 2.54. The summed E-state index contributed by atoms with van der Waals surface area (Å²) < 4.78 is 0. The van der Waals surface area contributed by atoms with Crippen molar-refractivity contribution in [2.45, 2.75) is 33.1 Å². The molecule has 0 saturated carbocycles. The molecule has 0 spiro atoms. The minimum Gasteiger partial charge on any atom is -0.357 e. The third-order valence-corrected chi connectivity index (χ3v) is 3.95. The molecule has 1 aromatic heterocycles. The summed E-state index contributed by atoms with van der Waals surface area (Å²) in [6, 6.07) is 5.87. The third kappa shape index (κ3) is 3.35. The second kappa shape index (κ2) is 5.72. The van der Waals surface area contributed by atoms with Gasteiger partial charge in [0.1, 0.15) is 11.0 Å². The van der Waals surface area contributed by atoms with Crippen molar-refractivity contribution in [1.82, 2.24) is 4.98 Å². The van der Waals surface area contributed by atoms with Crippen molar-refractivity contribution in [2.24, 2.45) is 11.8 Å². The lowest BCUT2D eigenvalue weighted by Crippen LogP contribution is -2.25. The fraction of sp³-hybridized carbons (Fsp3) is 0.643. The van der Waals surface area contributed by atoms with E-state index >= 15 is 0 Å². The molecule has 1 fully saturated rings. The Bertz CT molecular complexity index is 365. The first kappa shape index (κ1) is 12.7. The maximum atomic E-state index is 5.95. The number of hydrogen-bond acceptors (Lipinski definition) is 2. The van der Waals surface area contributed by atoms with Crippen LogP contribution in [-0.2, 0) is 0 Å². The minimum absolute atomic E-state index is 0.590. The predicted molar refractivity (Wildman–Crippen MR) is 73.6 cm³/mol. The van der Waals surface area contributed by atoms with Gasteiger partial charge in [0.25, 0.3) is 0 Å². The summed E-state index contributed by atoms with van der Waals surface area (Å²) in [6.07, 6.45) is 3.87. The van der Waals surface area contributed by atoms with E-state index in [1.165, 1.54) is 19.3 Å². The number of rotatable bonds is 2. The molecule has 17 heavy (non-hydrogen) atoms. The molecule has 0 bridgehead atoms. The van der Waals surface area contributed by atoms with Crippen LogP contribution < -0.4 is 4.90 Å². The molecule has 0 radical (unpaired) electrons. The Morgan fingerprint density at radius 1 is 1.29 bits per heavy atom. The molecule has 2 nitrogen and oxygen atoms in total. The quantitative estimate of drug-likeness (QED) is 0.740. The highest BCUT2D eigenvalue weighted by Gasteiger charge is 2.20. The zero-order chi connectivity index (χ0) is 12.3. The van der Waals surface area contributed by atoms with E-state index in [4.69, 9.17) is 11.6 Å². The fourth-order valence-electron chi connectivity index (χ4n) is 2.59. The molecule has 1 aliphatic rings. The number of nitrogens with zero attached hydrogens (tertiary/aromatic N) is 2. The zero-order valence-corrected chi connectivity index (χ0v) is 11.5. The smallest absolute Gasteiger partial charge is 0.131 e. The number of halogens is 1. The van der Waals surface area contributed by atoms with Crippen LogP contribution in [0.25, 0.3) is 0 Å². The molecule has 1 saturated heterocycles. The summed E-state index contributed by atoms with van der Waals surface area (Å²) in [5.41, 5.74) is 0. The van der Waals surface area contributed by atoms with Crippen LogP contribution in [0.4, 0.5) is 5.82 Å². The van der Waals surface area contributed by atoms with E-state index < -0.39 is 0 Å². The molecule has 1 unspecified atom stereocenters. The molecule has 0 aromatic carbocycles. The molecule has 94 valence electrons. The minimum atomic E-state index is 0.590. The van der Waals surface area contributed by atoms with Crippen LogP contribution in [0.3, 0.4) is 0 Å². The topological polar surface area (TPSA) is 16.1 Å². The van der Waals surface area contributed by atoms with E-state index in [0.29, 0.717) is 5.15 Å². The standard InChI is InChI=1S/C14H21ClN2/c1-11(2)12-5-4-9-17(10-8-12)14-7-3-6-13(15)16-14/h3,6-7,11-12H,4-5,8-10H2,1-2H3. The van der Waals surface area contributed by atoms with Crippen molar-refractivity contribution >= 4 is 17.4 Å². The van der Waals surface area contributed by atoms with Gasteiger partial charge >= 0.3 is 0 Å². The Hall–Kier alpha value is -0.760. The van der Waals surface area contributed by atoms with Gasteiger partial charge in [0.05, 0.1) is 0 Å². The third-order valence-electron chi connectivity index (χ3n) is 3.74. The van der Waals surface area contributed by atoms with Gasteiger partial charge in [0, 0.05) is 13.1 Å². The summed E-state index contributed by atoms with van der Waals surface area (Å²) >= 11 is 5.95. The second-order valence-corrected chi connectivity index (χ2v) is 5.63. The van der Waals surface area contributed by atoms with Gasteiger partial charge in [0.2, 0.25) is 0 Å². The predicted octanol–water partition coefficient (Wildman–Crippen LogP) is 4.00. The van der Waals surface area contributed by atoms with Crippen molar-refractivity contribution in [2.75, 3.05) is 18.0 Å². The molecule has 1 aliphatic heterocycles. The van der Waals surface area contributed by atoms with Gasteiger partial charge in [-0.1, -0.05) is 31.5 Å². The van der Waals surface area contributed by atoms with Crippen molar-refractivity contribution in [3.8, 4) is 0 Å². The number of aromatic nitrogens is 1. The summed E-state index contributed by atoms with van der Waals surface area (Å²) in [6.45, 7) is 6.88. The summed E-state index contributed by atoms with van der Waals surface area (Å²) in [7, 11) is 0. The van der Waals surface area contributed by atoms with Gasteiger partial charge < -0.3 is 4.90 Å². The van der Waals surface area contributed by atoms with Crippen LogP contribution in [0, 0.1) is 11.8 Å². The number of hydrogen-bond donors (Lipinski definition) is 0. The molecule has 2 heterocycles. The molecule has 1 atom stereocenters. The molecule has 0 amide bonds. The van der Waals surface area contributed by atoms with Crippen LogP contribution in [0.2, 0.25) is 5.15 Å². The van der Waals surface area contributed by atoms with Gasteiger partial charge in [-0.2, -0.15) is 0 Å². The first-order chi connectivity index (χ1) is 8.16. The van der Waals surface area contributed by atoms with Crippen molar-refractivity contribution < 1.29 is 0 Å². The van der Waals surface area contributed by atoms with Gasteiger partial charge in [-0.15, -0.1) is 0 Å². The normalized spacial score (nSPS) is 21.6. The van der Waals surface area contributed by atoms with E-state index in [-0.39, 0.29) is 0 Å². The average molecular weight is 253 g/mol. The van der Waals surface area contributed by atoms with Gasteiger partial charge in [0.15, 0.2) is 0 Å². The molecule has 1 aromatic rings. The molecular weight excluding hydrogens is 232 g/mol. The van der Waals surface area contributed by atoms with Crippen LogP contribution in [0.1, 0.15) is 33.1 Å². The van der Waals surface area contributed by atoms with E-state index in [2.05, 4.69) is 29.8 Å². The van der Waals surface area contributed by atoms with Crippen LogP contribution in [0.15, 0.2) is 18.2 Å². The van der Waals surface area contributed by atoms with E-state index in [1.807, 2.05) is 12.1 Å². The summed E-state index contributed by atoms with van der Waals surface area (Å²) in [5, 5.41) is 0.590. The van der Waals surface area contributed by atoms with Crippen molar-refractivity contribution in [1.29, 1.82) is 0 Å². The highest BCUT2D eigenvalue weighted by molar-refractivity contribution is 6.29. The van der Waals surface area contributed by atoms with E-state index in [9.17, 15) is 0 Å². The van der Waals surface area contributed by atoms with Gasteiger partial charge in [-0.05, 0) is 43.2 Å².